The summed E-state index contributed by atoms with van der Waals surface area (Å²) in [6.07, 6.45) is 0.951. The molecule has 0 fully saturated rings. The first-order valence-corrected chi connectivity index (χ1v) is 12.8. The maximum absolute atomic E-state index is 14.0. The molecule has 1 aliphatic rings. The number of rotatable bonds is 9. The van der Waals surface area contributed by atoms with Crippen molar-refractivity contribution in [2.45, 2.75) is 12.6 Å². The standard InChI is InChI=1S/C31H26FN3O6/c32-23-10-6-22(7-11-23)30(38)34-16-25-18-35(17-20-4-2-1-3-5-20)31(39)28-26(41-25)14-15-33-29(28)21-8-12-24(13-9-21)40-19-27(36)37/h1-15,25H,16-19H2,(H,34,38)(H,36,37). The summed E-state index contributed by atoms with van der Waals surface area (Å²) in [6.45, 7) is 0.119. The number of carboxylic acid groups (broad SMARTS) is 1. The number of amides is 2. The van der Waals surface area contributed by atoms with Gasteiger partial charge < -0.3 is 24.8 Å². The number of nitrogens with one attached hydrogen (secondary N) is 1. The fourth-order valence-electron chi connectivity index (χ4n) is 4.48. The normalized spacial score (nSPS) is 14.4. The number of carbonyl (C=O) groups is 3. The minimum absolute atomic E-state index is 0.0987. The summed E-state index contributed by atoms with van der Waals surface area (Å²) < 4.78 is 24.8. The van der Waals surface area contributed by atoms with Gasteiger partial charge in [-0.15, -0.1) is 0 Å². The second-order valence-electron chi connectivity index (χ2n) is 9.37. The highest BCUT2D eigenvalue weighted by Gasteiger charge is 2.32. The van der Waals surface area contributed by atoms with Crippen LogP contribution in [0.15, 0.2) is 91.1 Å². The van der Waals surface area contributed by atoms with Crippen LogP contribution in [0.2, 0.25) is 0 Å². The third-order valence-corrected chi connectivity index (χ3v) is 6.43. The van der Waals surface area contributed by atoms with E-state index < -0.39 is 24.5 Å². The van der Waals surface area contributed by atoms with Gasteiger partial charge in [-0.25, -0.2) is 9.18 Å². The molecule has 0 spiro atoms. The van der Waals surface area contributed by atoms with E-state index in [1.165, 1.54) is 30.5 Å². The smallest absolute Gasteiger partial charge is 0.341 e. The maximum Gasteiger partial charge on any atom is 0.341 e. The van der Waals surface area contributed by atoms with Crippen LogP contribution in [-0.4, -0.2) is 58.6 Å². The summed E-state index contributed by atoms with van der Waals surface area (Å²) in [6, 6.07) is 23.0. The first-order valence-electron chi connectivity index (χ1n) is 12.8. The predicted molar refractivity (Wildman–Crippen MR) is 147 cm³/mol. The van der Waals surface area contributed by atoms with Gasteiger partial charge in [-0.05, 0) is 60.2 Å². The van der Waals surface area contributed by atoms with Crippen LogP contribution in [0.25, 0.3) is 11.3 Å². The molecular formula is C31H26FN3O6. The zero-order valence-electron chi connectivity index (χ0n) is 21.8. The average Bonchev–Trinajstić information content (AvgIpc) is 3.12. The number of ether oxygens (including phenoxy) is 2. The topological polar surface area (TPSA) is 118 Å². The summed E-state index contributed by atoms with van der Waals surface area (Å²) in [4.78, 5) is 43.7. The van der Waals surface area contributed by atoms with Crippen LogP contribution in [0, 0.1) is 5.82 Å². The van der Waals surface area contributed by atoms with Crippen LogP contribution in [0.3, 0.4) is 0 Å². The summed E-state index contributed by atoms with van der Waals surface area (Å²) in [5.74, 6) is -1.52. The van der Waals surface area contributed by atoms with Crippen LogP contribution < -0.4 is 14.8 Å². The SMILES string of the molecule is O=C(O)COc1ccc(-c2nccc3c2C(=O)N(Cc2ccccc2)CC(CNC(=O)c2ccc(F)cc2)O3)cc1. The number of aliphatic carboxylic acids is 1. The Balaban J connectivity index is 1.44. The summed E-state index contributed by atoms with van der Waals surface area (Å²) in [5, 5.41) is 11.7. The summed E-state index contributed by atoms with van der Waals surface area (Å²) in [7, 11) is 0. The molecule has 4 aromatic rings. The Morgan fingerprint density at radius 1 is 1.02 bits per heavy atom. The van der Waals surface area contributed by atoms with Gasteiger partial charge in [-0.1, -0.05) is 30.3 Å². The molecular weight excluding hydrogens is 529 g/mol. The Morgan fingerprint density at radius 3 is 2.46 bits per heavy atom. The van der Waals surface area contributed by atoms with Crippen molar-refractivity contribution in [2.24, 2.45) is 0 Å². The number of carbonyl (C=O) groups excluding carboxylic acids is 2. The number of nitrogens with zero attached hydrogens (tertiary/aromatic N) is 2. The molecule has 0 radical (unpaired) electrons. The molecule has 1 atom stereocenters. The molecule has 0 aliphatic carbocycles. The molecule has 2 heterocycles. The van der Waals surface area contributed by atoms with Crippen LogP contribution in [-0.2, 0) is 11.3 Å². The molecule has 41 heavy (non-hydrogen) atoms. The molecule has 1 unspecified atom stereocenters. The molecule has 10 heteroatoms. The molecule has 3 aromatic carbocycles. The van der Waals surface area contributed by atoms with E-state index in [2.05, 4.69) is 10.3 Å². The van der Waals surface area contributed by atoms with E-state index >= 15 is 0 Å². The molecule has 9 nitrogen and oxygen atoms in total. The molecule has 2 N–H and O–H groups in total. The quantitative estimate of drug-likeness (QED) is 0.318. The number of hydrogen-bond donors (Lipinski definition) is 2. The third-order valence-electron chi connectivity index (χ3n) is 6.43. The van der Waals surface area contributed by atoms with Crippen LogP contribution in [0.1, 0.15) is 26.3 Å². The van der Waals surface area contributed by atoms with Crippen molar-refractivity contribution in [3.63, 3.8) is 0 Å². The molecule has 1 aliphatic heterocycles. The van der Waals surface area contributed by atoms with Gasteiger partial charge in [-0.2, -0.15) is 0 Å². The maximum atomic E-state index is 14.0. The highest BCUT2D eigenvalue weighted by molar-refractivity contribution is 6.03. The first-order chi connectivity index (χ1) is 19.9. The Bertz CT molecular complexity index is 1540. The molecule has 1 aromatic heterocycles. The zero-order valence-corrected chi connectivity index (χ0v) is 21.8. The van der Waals surface area contributed by atoms with Crippen molar-refractivity contribution in [3.8, 4) is 22.8 Å². The average molecular weight is 556 g/mol. The van der Waals surface area contributed by atoms with Crippen LogP contribution >= 0.6 is 0 Å². The van der Waals surface area contributed by atoms with Gasteiger partial charge in [0.2, 0.25) is 0 Å². The van der Waals surface area contributed by atoms with Crippen molar-refractivity contribution in [1.29, 1.82) is 0 Å². The Labute approximate surface area is 235 Å². The largest absolute Gasteiger partial charge is 0.486 e. The van der Waals surface area contributed by atoms with E-state index in [0.29, 0.717) is 34.9 Å². The predicted octanol–water partition coefficient (Wildman–Crippen LogP) is 4.18. The number of hydrogen-bond acceptors (Lipinski definition) is 6. The van der Waals surface area contributed by atoms with E-state index in [4.69, 9.17) is 14.6 Å². The highest BCUT2D eigenvalue weighted by atomic mass is 19.1. The number of benzene rings is 3. The van der Waals surface area contributed by atoms with Crippen LogP contribution in [0.4, 0.5) is 4.39 Å². The number of halogens is 1. The monoisotopic (exact) mass is 555 g/mol. The summed E-state index contributed by atoms with van der Waals surface area (Å²) in [5.41, 5.74) is 2.51. The van der Waals surface area contributed by atoms with Gasteiger partial charge in [0.25, 0.3) is 11.8 Å². The summed E-state index contributed by atoms with van der Waals surface area (Å²) >= 11 is 0. The van der Waals surface area contributed by atoms with Gasteiger partial charge >= 0.3 is 5.97 Å². The van der Waals surface area contributed by atoms with Gasteiger partial charge in [0.05, 0.1) is 18.8 Å². The third kappa shape index (κ3) is 6.67. The fraction of sp³-hybridized carbons (Fsp3) is 0.161. The number of aromatic nitrogens is 1. The van der Waals surface area contributed by atoms with Crippen molar-refractivity contribution < 1.29 is 33.4 Å². The lowest BCUT2D eigenvalue weighted by Gasteiger charge is -2.24. The van der Waals surface area contributed by atoms with Crippen molar-refractivity contribution >= 4 is 17.8 Å². The number of fused-ring (bicyclic) bond motifs is 1. The number of pyridine rings is 1. The highest BCUT2D eigenvalue weighted by Crippen LogP contribution is 2.34. The zero-order chi connectivity index (χ0) is 28.8. The van der Waals surface area contributed by atoms with E-state index in [1.807, 2.05) is 30.3 Å². The van der Waals surface area contributed by atoms with E-state index in [0.717, 1.165) is 5.56 Å². The van der Waals surface area contributed by atoms with Crippen molar-refractivity contribution in [1.82, 2.24) is 15.2 Å². The number of carboxylic acids is 1. The molecule has 0 saturated heterocycles. The lowest BCUT2D eigenvalue weighted by atomic mass is 10.0. The van der Waals surface area contributed by atoms with E-state index in [9.17, 15) is 18.8 Å². The Morgan fingerprint density at radius 2 is 1.76 bits per heavy atom. The van der Waals surface area contributed by atoms with Crippen molar-refractivity contribution in [3.05, 3.63) is 114 Å². The molecule has 2 amide bonds. The molecule has 5 rings (SSSR count). The molecule has 0 bridgehead atoms. The van der Waals surface area contributed by atoms with Gasteiger partial charge in [-0.3, -0.25) is 14.6 Å². The minimum atomic E-state index is -1.09. The van der Waals surface area contributed by atoms with Gasteiger partial charge in [0, 0.05) is 23.9 Å². The lowest BCUT2D eigenvalue weighted by Crippen LogP contribution is -2.43. The Hall–Kier alpha value is -5.25. The van der Waals surface area contributed by atoms with Crippen molar-refractivity contribution in [2.75, 3.05) is 19.7 Å². The van der Waals surface area contributed by atoms with E-state index in [-0.39, 0.29) is 30.5 Å². The first kappa shape index (κ1) is 27.3. The lowest BCUT2D eigenvalue weighted by molar-refractivity contribution is -0.139. The van der Waals surface area contributed by atoms with Gasteiger partial charge in [0.15, 0.2) is 6.61 Å². The second kappa shape index (κ2) is 12.3. The Kier molecular flexibility index (Phi) is 8.19. The minimum Gasteiger partial charge on any atom is -0.486 e. The van der Waals surface area contributed by atoms with Gasteiger partial charge in [0.1, 0.15) is 29.0 Å². The molecule has 0 saturated carbocycles. The second-order valence-corrected chi connectivity index (χ2v) is 9.37. The van der Waals surface area contributed by atoms with Crippen LogP contribution in [0.5, 0.6) is 11.5 Å². The van der Waals surface area contributed by atoms with E-state index in [1.54, 1.807) is 35.2 Å². The molecule has 208 valence electrons. The fourth-order valence-corrected chi connectivity index (χ4v) is 4.48.